The van der Waals surface area contributed by atoms with Gasteiger partial charge in [-0.05, 0) is 158 Å². The van der Waals surface area contributed by atoms with E-state index < -0.39 is 0 Å². The Morgan fingerprint density at radius 2 is 0.625 bits per heavy atom. The fourth-order valence-electron chi connectivity index (χ4n) is 15.1. The molecule has 104 heavy (non-hydrogen) atoms. The fourth-order valence-corrected chi connectivity index (χ4v) is 25.8. The summed E-state index contributed by atoms with van der Waals surface area (Å²) >= 11 is 18.3. The van der Waals surface area contributed by atoms with Crippen LogP contribution in [0.15, 0.2) is 119 Å². The highest BCUT2D eigenvalue weighted by Gasteiger charge is 2.51. The third kappa shape index (κ3) is 20.2. The molecule has 2 aliphatic rings. The van der Waals surface area contributed by atoms with Crippen molar-refractivity contribution in [1.82, 2.24) is 19.8 Å². The molecule has 10 aromatic heterocycles. The molecule has 0 N–H and O–H groups in total. The van der Waals surface area contributed by atoms with E-state index in [1.54, 1.807) is 45.3 Å². The molecule has 12 rings (SSSR count). The second-order valence-corrected chi connectivity index (χ2v) is 39.4. The predicted octanol–water partition coefficient (Wildman–Crippen LogP) is 31.2. The summed E-state index contributed by atoms with van der Waals surface area (Å²) in [5.41, 5.74) is 5.37. The summed E-state index contributed by atoms with van der Waals surface area (Å²) in [6.45, 7) is 14.9. The van der Waals surface area contributed by atoms with Gasteiger partial charge in [-0.3, -0.25) is 9.59 Å². The molecular weight excluding hydrogens is 1470 g/mol. The SMILES string of the molecule is CCCCCCCCC(CCCCCC)CN1C(=O)C2=C(c3ncc(-c4cc(CCCCCC)c(-c5ccc(-c6ccc(-c7cccs7)s6)s5)s4)s3)N(CC(CCCCCC)CCCCCCCC)C(=O)C2=C1c1ncc(-c2cc(CCCCCC)c(-c3ccc(-c4ccc(-c5cccs5)s4)s3)s2)s1. The Morgan fingerprint density at radius 3 is 0.971 bits per heavy atom. The number of hydrogen-bond acceptors (Lipinski definition) is 14. The van der Waals surface area contributed by atoms with Crippen LogP contribution in [0, 0.1) is 11.8 Å². The zero-order valence-electron chi connectivity index (χ0n) is 62.7. The minimum absolute atomic E-state index is 0.0460. The highest BCUT2D eigenvalue weighted by Crippen LogP contribution is 2.54. The van der Waals surface area contributed by atoms with Crippen LogP contribution < -0.4 is 0 Å². The number of carbonyl (C=O) groups excluding carboxylic acids is 2. The minimum atomic E-state index is -0.0460. The molecule has 0 bridgehead atoms. The summed E-state index contributed by atoms with van der Waals surface area (Å²) < 4.78 is 0. The van der Waals surface area contributed by atoms with E-state index in [0.29, 0.717) is 36.1 Å². The van der Waals surface area contributed by atoms with Gasteiger partial charge in [0.25, 0.3) is 11.8 Å². The van der Waals surface area contributed by atoms with Gasteiger partial charge in [-0.15, -0.1) is 113 Å². The largest absolute Gasteiger partial charge is 0.304 e. The number of nitrogens with zero attached hydrogens (tertiary/aromatic N) is 4. The first kappa shape index (κ1) is 78.8. The summed E-state index contributed by atoms with van der Waals surface area (Å²) in [7, 11) is 0. The van der Waals surface area contributed by atoms with E-state index in [-0.39, 0.29) is 11.8 Å². The molecule has 0 saturated heterocycles. The van der Waals surface area contributed by atoms with Crippen LogP contribution in [0.2, 0.25) is 0 Å². The number of thiazole rings is 2. The van der Waals surface area contributed by atoms with E-state index in [4.69, 9.17) is 9.97 Å². The minimum Gasteiger partial charge on any atom is -0.304 e. The summed E-state index contributed by atoms with van der Waals surface area (Å²) in [5.74, 6) is 0.496. The predicted molar refractivity (Wildman–Crippen MR) is 464 cm³/mol. The number of carbonyl (C=O) groups is 2. The second-order valence-electron chi connectivity index (χ2n) is 29.0. The van der Waals surface area contributed by atoms with Crippen molar-refractivity contribution in [3.63, 3.8) is 0 Å². The highest BCUT2D eigenvalue weighted by atomic mass is 32.1. The Kier molecular flexibility index (Phi) is 30.8. The van der Waals surface area contributed by atoms with Crippen LogP contribution >= 0.6 is 113 Å². The van der Waals surface area contributed by atoms with Crippen LogP contribution in [0.4, 0.5) is 0 Å². The van der Waals surface area contributed by atoms with Gasteiger partial charge in [-0.2, -0.15) is 0 Å². The van der Waals surface area contributed by atoms with Gasteiger partial charge in [0.2, 0.25) is 0 Å². The summed E-state index contributed by atoms with van der Waals surface area (Å²) in [6.07, 6.45) is 44.4. The molecule has 2 atom stereocenters. The van der Waals surface area contributed by atoms with Crippen molar-refractivity contribution in [2.24, 2.45) is 11.8 Å². The molecule has 2 aliphatic heterocycles. The first-order chi connectivity index (χ1) is 51.2. The maximum Gasteiger partial charge on any atom is 0.261 e. The van der Waals surface area contributed by atoms with Gasteiger partial charge in [0.1, 0.15) is 10.0 Å². The Hall–Kier alpha value is -4.72. The Labute approximate surface area is 662 Å². The Morgan fingerprint density at radius 1 is 0.317 bits per heavy atom. The number of rotatable bonds is 48. The molecule has 2 amide bonds. The smallest absolute Gasteiger partial charge is 0.261 e. The Balaban J connectivity index is 0.955. The number of amides is 2. The van der Waals surface area contributed by atoms with Gasteiger partial charge >= 0.3 is 0 Å². The standard InChI is InChI=1S/C88H110N4O2S10/c1-7-13-19-25-27-31-39-61(37-29-21-15-9-3)59-91-81(85-89-57-77(103-85)75-55-63(41-33-23-17-11-5)83(101-75)73-51-49-71(99-73)69-47-45-67(97-69)65-43-35-53-95-65)79-80(87(91)93)82(92(88(79)94)60-62(38-30-22-16-10-4)40-32-28-26-20-14-8-2)86-90-58-78(104-86)76-56-64(42-34-24-18-12-6)84(102-76)74-52-50-72(100-74)70-48-46-68(98-70)66-44-36-54-96-66/h35-36,43-58,61-62H,7-34,37-42,59-60H2,1-6H3. The summed E-state index contributed by atoms with van der Waals surface area (Å²) in [4.78, 5) is 68.8. The van der Waals surface area contributed by atoms with Gasteiger partial charge in [0.15, 0.2) is 0 Å². The van der Waals surface area contributed by atoms with Crippen molar-refractivity contribution >= 4 is 137 Å². The van der Waals surface area contributed by atoms with Gasteiger partial charge in [-0.1, -0.05) is 221 Å². The molecule has 554 valence electrons. The number of thiophene rings is 8. The molecule has 12 heterocycles. The van der Waals surface area contributed by atoms with Crippen LogP contribution in [0.5, 0.6) is 0 Å². The fraction of sp³-hybridized carbons (Fsp3) is 0.500. The molecule has 2 unspecified atom stereocenters. The summed E-state index contributed by atoms with van der Waals surface area (Å²) in [6, 6.07) is 32.2. The summed E-state index contributed by atoms with van der Waals surface area (Å²) in [5, 5.41) is 5.88. The van der Waals surface area contributed by atoms with Crippen LogP contribution in [0.25, 0.3) is 89.4 Å². The molecule has 10 aromatic rings. The van der Waals surface area contributed by atoms with Crippen molar-refractivity contribution in [1.29, 1.82) is 0 Å². The van der Waals surface area contributed by atoms with E-state index in [9.17, 15) is 0 Å². The third-order valence-corrected chi connectivity index (χ3v) is 32.9. The molecular formula is C88H110N4O2S10. The van der Waals surface area contributed by atoms with Crippen LogP contribution in [-0.4, -0.2) is 44.7 Å². The molecule has 16 heteroatoms. The average Bonchev–Trinajstić information content (AvgIpc) is 1.55. The molecule has 0 spiro atoms. The van der Waals surface area contributed by atoms with E-state index in [0.717, 1.165) is 108 Å². The lowest BCUT2D eigenvalue weighted by Gasteiger charge is -2.29. The second kappa shape index (κ2) is 40.6. The van der Waals surface area contributed by atoms with Crippen LogP contribution in [0.3, 0.4) is 0 Å². The van der Waals surface area contributed by atoms with Crippen molar-refractivity contribution in [2.75, 3.05) is 13.1 Å². The molecule has 6 nitrogen and oxygen atoms in total. The maximum absolute atomic E-state index is 16.6. The van der Waals surface area contributed by atoms with E-state index in [1.165, 1.54) is 221 Å². The first-order valence-electron chi connectivity index (χ1n) is 40.0. The average molecular weight is 1580 g/mol. The van der Waals surface area contributed by atoms with E-state index >= 15 is 9.59 Å². The number of aromatic nitrogens is 2. The Bertz CT molecular complexity index is 4040. The molecule has 0 saturated carbocycles. The number of aryl methyl sites for hydroxylation is 2. The van der Waals surface area contributed by atoms with Crippen molar-refractivity contribution in [3.8, 4) is 78.0 Å². The monoisotopic (exact) mass is 1570 g/mol. The van der Waals surface area contributed by atoms with Gasteiger partial charge < -0.3 is 9.80 Å². The molecule has 0 radical (unpaired) electrons. The van der Waals surface area contributed by atoms with Crippen LogP contribution in [0.1, 0.15) is 268 Å². The lowest BCUT2D eigenvalue weighted by molar-refractivity contribution is -0.124. The molecule has 0 aliphatic carbocycles. The normalized spacial score (nSPS) is 13.9. The van der Waals surface area contributed by atoms with E-state index in [1.807, 2.05) is 68.0 Å². The molecule has 0 fully saturated rings. The quantitative estimate of drug-likeness (QED) is 0.0357. The number of unbranched alkanes of at least 4 members (excludes halogenated alkanes) is 22. The van der Waals surface area contributed by atoms with Crippen molar-refractivity contribution in [3.05, 3.63) is 140 Å². The zero-order chi connectivity index (χ0) is 72.0. The first-order valence-corrected chi connectivity index (χ1v) is 48.3. The lowest BCUT2D eigenvalue weighted by atomic mass is 9.93. The van der Waals surface area contributed by atoms with Gasteiger partial charge in [0, 0.05) is 93.8 Å². The van der Waals surface area contributed by atoms with E-state index in [2.05, 4.69) is 159 Å². The zero-order valence-corrected chi connectivity index (χ0v) is 70.9. The van der Waals surface area contributed by atoms with Crippen molar-refractivity contribution < 1.29 is 9.59 Å². The lowest BCUT2D eigenvalue weighted by Crippen LogP contribution is -2.35. The van der Waals surface area contributed by atoms with Crippen molar-refractivity contribution in [2.45, 2.75) is 260 Å². The maximum atomic E-state index is 16.6. The third-order valence-electron chi connectivity index (χ3n) is 20.9. The number of fused-ring (bicyclic) bond motifs is 1. The number of hydrogen-bond donors (Lipinski definition) is 0. The van der Waals surface area contributed by atoms with Gasteiger partial charge in [0.05, 0.1) is 32.3 Å². The topological polar surface area (TPSA) is 66.4 Å². The van der Waals surface area contributed by atoms with Gasteiger partial charge in [-0.25, -0.2) is 9.97 Å². The highest BCUT2D eigenvalue weighted by molar-refractivity contribution is 7.31. The molecule has 0 aromatic carbocycles. The van der Waals surface area contributed by atoms with Crippen LogP contribution in [-0.2, 0) is 22.4 Å².